The summed E-state index contributed by atoms with van der Waals surface area (Å²) in [6, 6.07) is 10.3. The van der Waals surface area contributed by atoms with Crippen LogP contribution in [0.3, 0.4) is 0 Å². The van der Waals surface area contributed by atoms with Crippen molar-refractivity contribution in [3.63, 3.8) is 0 Å². The van der Waals surface area contributed by atoms with Gasteiger partial charge in [0.15, 0.2) is 0 Å². The topological polar surface area (TPSA) is 66.8 Å². The molecule has 1 aromatic carbocycles. The summed E-state index contributed by atoms with van der Waals surface area (Å²) in [5.74, 6) is 0.153. The number of para-hydroxylation sites is 1. The van der Waals surface area contributed by atoms with Gasteiger partial charge in [-0.3, -0.25) is 14.6 Å². The van der Waals surface area contributed by atoms with Crippen LogP contribution in [0.4, 0.5) is 0 Å². The number of likely N-dealkylation sites (tertiary alicyclic amines) is 1. The number of H-pyrrole nitrogens is 1. The summed E-state index contributed by atoms with van der Waals surface area (Å²) >= 11 is 0. The summed E-state index contributed by atoms with van der Waals surface area (Å²) < 4.78 is 2.08. The summed E-state index contributed by atoms with van der Waals surface area (Å²) in [5.41, 5.74) is 4.00. The molecule has 0 radical (unpaired) electrons. The first-order chi connectivity index (χ1) is 12.1. The maximum atomic E-state index is 12.8. The van der Waals surface area contributed by atoms with Gasteiger partial charge in [-0.1, -0.05) is 18.2 Å². The van der Waals surface area contributed by atoms with Crippen molar-refractivity contribution in [1.29, 1.82) is 0 Å². The number of hydrogen-bond acceptors (Lipinski definition) is 3. The molecule has 1 unspecified atom stereocenters. The number of nitrogens with zero attached hydrogens (tertiary/aromatic N) is 4. The van der Waals surface area contributed by atoms with Crippen LogP contribution >= 0.6 is 0 Å². The normalized spacial score (nSPS) is 18.0. The summed E-state index contributed by atoms with van der Waals surface area (Å²) in [6.45, 7) is 5.64. The van der Waals surface area contributed by atoms with E-state index in [-0.39, 0.29) is 11.9 Å². The van der Waals surface area contributed by atoms with Crippen LogP contribution in [0.5, 0.6) is 0 Å². The lowest BCUT2D eigenvalue weighted by molar-refractivity contribution is -0.132. The van der Waals surface area contributed by atoms with Gasteiger partial charge in [0, 0.05) is 24.2 Å². The SMILES string of the molecule is Cc1cc(C)n(C2CCCN(C(=O)Cc3[nH]nc4ccccc34)C2)n1. The smallest absolute Gasteiger partial charge is 0.228 e. The molecule has 3 aromatic rings. The number of aromatic nitrogens is 4. The molecule has 0 bridgehead atoms. The van der Waals surface area contributed by atoms with Crippen LogP contribution in [-0.4, -0.2) is 43.9 Å². The number of hydrogen-bond donors (Lipinski definition) is 1. The maximum Gasteiger partial charge on any atom is 0.228 e. The number of nitrogens with one attached hydrogen (secondary N) is 1. The predicted molar refractivity (Wildman–Crippen MR) is 96.3 cm³/mol. The van der Waals surface area contributed by atoms with Gasteiger partial charge >= 0.3 is 0 Å². The summed E-state index contributed by atoms with van der Waals surface area (Å²) in [4.78, 5) is 14.8. The number of aromatic amines is 1. The van der Waals surface area contributed by atoms with Crippen LogP contribution < -0.4 is 0 Å². The van der Waals surface area contributed by atoms with Crippen molar-refractivity contribution < 1.29 is 4.79 Å². The Morgan fingerprint density at radius 3 is 2.96 bits per heavy atom. The lowest BCUT2D eigenvalue weighted by atomic mass is 10.0. The van der Waals surface area contributed by atoms with Crippen LogP contribution in [-0.2, 0) is 11.2 Å². The van der Waals surface area contributed by atoms with E-state index in [2.05, 4.69) is 33.0 Å². The highest BCUT2D eigenvalue weighted by Gasteiger charge is 2.26. The minimum atomic E-state index is 0.153. The zero-order chi connectivity index (χ0) is 17.4. The minimum Gasteiger partial charge on any atom is -0.340 e. The van der Waals surface area contributed by atoms with Gasteiger partial charge in [-0.15, -0.1) is 0 Å². The molecule has 6 heteroatoms. The molecule has 6 nitrogen and oxygen atoms in total. The van der Waals surface area contributed by atoms with E-state index in [4.69, 9.17) is 0 Å². The average Bonchev–Trinajstić information content (AvgIpc) is 3.18. The van der Waals surface area contributed by atoms with E-state index in [1.54, 1.807) is 0 Å². The average molecular weight is 337 g/mol. The van der Waals surface area contributed by atoms with Gasteiger partial charge in [0.05, 0.1) is 29.4 Å². The molecular weight excluding hydrogens is 314 g/mol. The number of carbonyl (C=O) groups excluding carboxylic acids is 1. The van der Waals surface area contributed by atoms with Crippen LogP contribution in [0, 0.1) is 13.8 Å². The molecule has 1 atom stereocenters. The van der Waals surface area contributed by atoms with Crippen LogP contribution in [0.15, 0.2) is 30.3 Å². The van der Waals surface area contributed by atoms with Crippen molar-refractivity contribution in [1.82, 2.24) is 24.9 Å². The minimum absolute atomic E-state index is 0.153. The van der Waals surface area contributed by atoms with Crippen LogP contribution in [0.2, 0.25) is 0 Å². The molecule has 25 heavy (non-hydrogen) atoms. The standard InChI is InChI=1S/C19H23N5O/c1-13-10-14(2)24(22-13)15-6-5-9-23(12-15)19(25)11-18-16-7-3-4-8-17(16)20-21-18/h3-4,7-8,10,15H,5-6,9,11-12H2,1-2H3,(H,20,21). The highest BCUT2D eigenvalue weighted by Crippen LogP contribution is 2.24. The summed E-state index contributed by atoms with van der Waals surface area (Å²) in [7, 11) is 0. The highest BCUT2D eigenvalue weighted by atomic mass is 16.2. The molecule has 4 rings (SSSR count). The number of carbonyl (C=O) groups is 1. The largest absolute Gasteiger partial charge is 0.340 e. The van der Waals surface area contributed by atoms with E-state index < -0.39 is 0 Å². The molecule has 3 heterocycles. The third kappa shape index (κ3) is 3.04. The fourth-order valence-electron chi connectivity index (χ4n) is 3.81. The molecule has 1 saturated heterocycles. The third-order valence-corrected chi connectivity index (χ3v) is 5.01. The van der Waals surface area contributed by atoms with Crippen LogP contribution in [0.25, 0.3) is 10.9 Å². The van der Waals surface area contributed by atoms with Gasteiger partial charge in [-0.05, 0) is 38.8 Å². The Kier molecular flexibility index (Phi) is 4.03. The molecule has 1 amide bonds. The first kappa shape index (κ1) is 15.9. The van der Waals surface area contributed by atoms with Gasteiger partial charge in [0.1, 0.15) is 0 Å². The molecule has 1 aliphatic heterocycles. The number of piperidine rings is 1. The Morgan fingerprint density at radius 1 is 1.32 bits per heavy atom. The van der Waals surface area contributed by atoms with Gasteiger partial charge < -0.3 is 4.90 Å². The number of aryl methyl sites for hydroxylation is 2. The lowest BCUT2D eigenvalue weighted by Crippen LogP contribution is -2.42. The van der Waals surface area contributed by atoms with E-state index in [9.17, 15) is 4.79 Å². The summed E-state index contributed by atoms with van der Waals surface area (Å²) in [6.07, 6.45) is 2.45. The lowest BCUT2D eigenvalue weighted by Gasteiger charge is -2.33. The number of rotatable bonds is 3. The molecule has 0 spiro atoms. The highest BCUT2D eigenvalue weighted by molar-refractivity contribution is 5.87. The maximum absolute atomic E-state index is 12.8. The number of fused-ring (bicyclic) bond motifs is 1. The van der Waals surface area contributed by atoms with Gasteiger partial charge in [0.25, 0.3) is 0 Å². The number of amides is 1. The van der Waals surface area contributed by atoms with Gasteiger partial charge in [-0.25, -0.2) is 0 Å². The molecule has 1 fully saturated rings. The fraction of sp³-hybridized carbons (Fsp3) is 0.421. The zero-order valence-corrected chi connectivity index (χ0v) is 14.7. The Bertz CT molecular complexity index is 910. The van der Waals surface area contributed by atoms with E-state index in [0.29, 0.717) is 6.42 Å². The molecular formula is C19H23N5O. The number of benzene rings is 1. The molecule has 1 aliphatic rings. The van der Waals surface area contributed by atoms with E-state index in [0.717, 1.165) is 53.9 Å². The van der Waals surface area contributed by atoms with Gasteiger partial charge in [0.2, 0.25) is 5.91 Å². The molecule has 0 saturated carbocycles. The van der Waals surface area contributed by atoms with Crippen LogP contribution in [0.1, 0.15) is 36.0 Å². The van der Waals surface area contributed by atoms with Gasteiger partial charge in [-0.2, -0.15) is 10.2 Å². The van der Waals surface area contributed by atoms with Crippen molar-refractivity contribution in [3.8, 4) is 0 Å². The molecule has 0 aliphatic carbocycles. The first-order valence-electron chi connectivity index (χ1n) is 8.84. The Labute approximate surface area is 146 Å². The molecule has 130 valence electrons. The van der Waals surface area contributed by atoms with E-state index >= 15 is 0 Å². The Hall–Kier alpha value is -2.63. The van der Waals surface area contributed by atoms with Crippen molar-refractivity contribution in [2.75, 3.05) is 13.1 Å². The van der Waals surface area contributed by atoms with Crippen molar-refractivity contribution in [2.45, 2.75) is 39.2 Å². The second kappa shape index (κ2) is 6.35. The molecule has 1 N–H and O–H groups in total. The Morgan fingerprint density at radius 2 is 2.16 bits per heavy atom. The third-order valence-electron chi connectivity index (χ3n) is 5.01. The molecule has 2 aromatic heterocycles. The summed E-state index contributed by atoms with van der Waals surface area (Å²) in [5, 5.41) is 12.9. The van der Waals surface area contributed by atoms with Crippen molar-refractivity contribution >= 4 is 16.8 Å². The Balaban J connectivity index is 1.49. The zero-order valence-electron chi connectivity index (χ0n) is 14.7. The second-order valence-corrected chi connectivity index (χ2v) is 6.90. The first-order valence-corrected chi connectivity index (χ1v) is 8.84. The van der Waals surface area contributed by atoms with E-state index in [1.165, 1.54) is 0 Å². The monoisotopic (exact) mass is 337 g/mol. The quantitative estimate of drug-likeness (QED) is 0.799. The van der Waals surface area contributed by atoms with E-state index in [1.807, 2.05) is 36.1 Å². The van der Waals surface area contributed by atoms with Crippen molar-refractivity contribution in [2.24, 2.45) is 0 Å². The second-order valence-electron chi connectivity index (χ2n) is 6.90. The fourth-order valence-corrected chi connectivity index (χ4v) is 3.81. The predicted octanol–water partition coefficient (Wildman–Crippen LogP) is 2.78. The van der Waals surface area contributed by atoms with Crippen molar-refractivity contribution in [3.05, 3.63) is 47.4 Å².